The highest BCUT2D eigenvalue weighted by molar-refractivity contribution is 7.18. The van der Waals surface area contributed by atoms with Gasteiger partial charge in [0.2, 0.25) is 0 Å². The molecule has 1 aliphatic rings. The van der Waals surface area contributed by atoms with E-state index in [1.807, 2.05) is 18.2 Å². The van der Waals surface area contributed by atoms with Crippen LogP contribution in [0, 0.1) is 11.8 Å². The molecule has 1 aromatic carbocycles. The number of fused-ring (bicyclic) bond motifs is 1. The van der Waals surface area contributed by atoms with Gasteiger partial charge in [0, 0.05) is 6.42 Å². The maximum atomic E-state index is 10.5. The summed E-state index contributed by atoms with van der Waals surface area (Å²) in [7, 11) is 0. The lowest BCUT2D eigenvalue weighted by molar-refractivity contribution is 0.0735. The minimum absolute atomic E-state index is 0.214. The molecule has 3 rings (SSSR count). The van der Waals surface area contributed by atoms with Crippen molar-refractivity contribution in [1.29, 1.82) is 0 Å². The van der Waals surface area contributed by atoms with Gasteiger partial charge in [-0.15, -0.1) is 11.3 Å². The fraction of sp³-hybridized carbons (Fsp3) is 0.588. The van der Waals surface area contributed by atoms with Crippen LogP contribution in [0.2, 0.25) is 0 Å². The zero-order chi connectivity index (χ0) is 13.9. The molecule has 20 heavy (non-hydrogen) atoms. The molecular weight excluding hydrogens is 266 g/mol. The molecule has 108 valence electrons. The van der Waals surface area contributed by atoms with Crippen molar-refractivity contribution in [3.8, 4) is 0 Å². The van der Waals surface area contributed by atoms with Gasteiger partial charge >= 0.3 is 0 Å². The van der Waals surface area contributed by atoms with Crippen molar-refractivity contribution in [3.05, 3.63) is 29.3 Å². The molecule has 0 spiro atoms. The van der Waals surface area contributed by atoms with E-state index in [1.165, 1.54) is 36.8 Å². The second kappa shape index (κ2) is 6.23. The number of hydrogen-bond acceptors (Lipinski definition) is 3. The standard InChI is InChI=1S/C17H23NOS/c1-2-12-7-9-13(10-8-12)15(19)11-17-18-14-5-3-4-6-16(14)20-17/h3-6,12-13,15,19H,2,7-11H2,1H3. The first-order valence-electron chi connectivity index (χ1n) is 7.78. The lowest BCUT2D eigenvalue weighted by atomic mass is 9.78. The van der Waals surface area contributed by atoms with E-state index >= 15 is 0 Å². The fourth-order valence-corrected chi connectivity index (χ4v) is 4.35. The van der Waals surface area contributed by atoms with Crippen LogP contribution in [0.3, 0.4) is 0 Å². The number of rotatable bonds is 4. The minimum atomic E-state index is -0.214. The number of hydrogen-bond donors (Lipinski definition) is 1. The van der Waals surface area contributed by atoms with Gasteiger partial charge in [-0.05, 0) is 36.8 Å². The number of para-hydroxylation sites is 1. The Morgan fingerprint density at radius 2 is 2.00 bits per heavy atom. The van der Waals surface area contributed by atoms with Crippen molar-refractivity contribution >= 4 is 21.6 Å². The Labute approximate surface area is 124 Å². The summed E-state index contributed by atoms with van der Waals surface area (Å²) in [6.07, 6.45) is 6.75. The third kappa shape index (κ3) is 3.04. The second-order valence-corrected chi connectivity index (χ2v) is 7.15. The summed E-state index contributed by atoms with van der Waals surface area (Å²) >= 11 is 1.72. The van der Waals surface area contributed by atoms with Gasteiger partial charge < -0.3 is 5.11 Å². The van der Waals surface area contributed by atoms with Gasteiger partial charge in [0.25, 0.3) is 0 Å². The van der Waals surface area contributed by atoms with Gasteiger partial charge in [-0.2, -0.15) is 0 Å². The van der Waals surface area contributed by atoms with E-state index in [-0.39, 0.29) is 6.10 Å². The van der Waals surface area contributed by atoms with E-state index in [4.69, 9.17) is 0 Å². The van der Waals surface area contributed by atoms with Crippen LogP contribution >= 0.6 is 11.3 Å². The minimum Gasteiger partial charge on any atom is -0.392 e. The van der Waals surface area contributed by atoms with Crippen LogP contribution in [-0.2, 0) is 6.42 Å². The summed E-state index contributed by atoms with van der Waals surface area (Å²) in [6.45, 7) is 2.28. The number of aliphatic hydroxyl groups is 1. The van der Waals surface area contributed by atoms with Crippen LogP contribution < -0.4 is 0 Å². The number of aliphatic hydroxyl groups excluding tert-OH is 1. The van der Waals surface area contributed by atoms with Crippen LogP contribution in [0.1, 0.15) is 44.0 Å². The molecule has 0 radical (unpaired) electrons. The zero-order valence-electron chi connectivity index (χ0n) is 12.1. The molecule has 0 aliphatic heterocycles. The SMILES string of the molecule is CCC1CCC(C(O)Cc2nc3ccccc3s2)CC1. The molecule has 1 aliphatic carbocycles. The van der Waals surface area contributed by atoms with Crippen molar-refractivity contribution < 1.29 is 5.11 Å². The first kappa shape index (κ1) is 14.0. The smallest absolute Gasteiger partial charge is 0.0964 e. The maximum Gasteiger partial charge on any atom is 0.0964 e. The van der Waals surface area contributed by atoms with Crippen LogP contribution in [0.5, 0.6) is 0 Å². The Hall–Kier alpha value is -0.930. The number of aromatic nitrogens is 1. The van der Waals surface area contributed by atoms with Gasteiger partial charge in [0.15, 0.2) is 0 Å². The van der Waals surface area contributed by atoms with E-state index in [0.29, 0.717) is 5.92 Å². The molecule has 1 aromatic heterocycles. The number of thiazole rings is 1. The topological polar surface area (TPSA) is 33.1 Å². The molecule has 0 amide bonds. The van der Waals surface area contributed by atoms with Crippen LogP contribution in [0.4, 0.5) is 0 Å². The molecule has 1 N–H and O–H groups in total. The molecule has 0 bridgehead atoms. The van der Waals surface area contributed by atoms with E-state index in [0.717, 1.165) is 22.9 Å². The second-order valence-electron chi connectivity index (χ2n) is 6.04. The molecule has 1 unspecified atom stereocenters. The lowest BCUT2D eigenvalue weighted by Gasteiger charge is -2.30. The largest absolute Gasteiger partial charge is 0.392 e. The quantitative estimate of drug-likeness (QED) is 0.904. The highest BCUT2D eigenvalue weighted by Gasteiger charge is 2.26. The molecule has 1 fully saturated rings. The Morgan fingerprint density at radius 3 is 2.70 bits per heavy atom. The molecule has 3 heteroatoms. The molecule has 0 saturated heterocycles. The van der Waals surface area contributed by atoms with Crippen molar-refractivity contribution in [2.24, 2.45) is 11.8 Å². The lowest BCUT2D eigenvalue weighted by Crippen LogP contribution is -2.27. The Balaban J connectivity index is 1.62. The normalized spacial score (nSPS) is 24.9. The summed E-state index contributed by atoms with van der Waals surface area (Å²) in [5.41, 5.74) is 1.06. The van der Waals surface area contributed by atoms with Crippen LogP contribution in [0.25, 0.3) is 10.2 Å². The average molecular weight is 289 g/mol. The van der Waals surface area contributed by atoms with E-state index in [9.17, 15) is 5.11 Å². The first-order chi connectivity index (χ1) is 9.76. The summed E-state index contributed by atoms with van der Waals surface area (Å²) < 4.78 is 1.23. The summed E-state index contributed by atoms with van der Waals surface area (Å²) in [4.78, 5) is 4.64. The maximum absolute atomic E-state index is 10.5. The molecule has 1 saturated carbocycles. The fourth-order valence-electron chi connectivity index (χ4n) is 3.33. The highest BCUT2D eigenvalue weighted by Crippen LogP contribution is 2.34. The van der Waals surface area contributed by atoms with Gasteiger partial charge in [-0.3, -0.25) is 0 Å². The first-order valence-corrected chi connectivity index (χ1v) is 8.60. The predicted octanol–water partition coefficient (Wildman–Crippen LogP) is 4.42. The zero-order valence-corrected chi connectivity index (χ0v) is 12.9. The Kier molecular flexibility index (Phi) is 4.37. The van der Waals surface area contributed by atoms with Crippen molar-refractivity contribution in [2.75, 3.05) is 0 Å². The van der Waals surface area contributed by atoms with Crippen molar-refractivity contribution in [1.82, 2.24) is 4.98 Å². The molecule has 2 nitrogen and oxygen atoms in total. The Bertz CT molecular complexity index is 524. The molecule has 2 aromatic rings. The van der Waals surface area contributed by atoms with Gasteiger partial charge in [-0.25, -0.2) is 4.98 Å². The Morgan fingerprint density at radius 1 is 1.25 bits per heavy atom. The van der Waals surface area contributed by atoms with Crippen molar-refractivity contribution in [2.45, 2.75) is 51.6 Å². The third-order valence-electron chi connectivity index (χ3n) is 4.73. The summed E-state index contributed by atoms with van der Waals surface area (Å²) in [5.74, 6) is 1.37. The predicted molar refractivity (Wildman–Crippen MR) is 85.1 cm³/mol. The highest BCUT2D eigenvalue weighted by atomic mass is 32.1. The third-order valence-corrected chi connectivity index (χ3v) is 5.79. The number of nitrogens with zero attached hydrogens (tertiary/aromatic N) is 1. The van der Waals surface area contributed by atoms with E-state index < -0.39 is 0 Å². The van der Waals surface area contributed by atoms with Gasteiger partial charge in [-0.1, -0.05) is 38.3 Å². The van der Waals surface area contributed by atoms with Gasteiger partial charge in [0.1, 0.15) is 0 Å². The van der Waals surface area contributed by atoms with E-state index in [2.05, 4.69) is 18.0 Å². The van der Waals surface area contributed by atoms with Crippen molar-refractivity contribution in [3.63, 3.8) is 0 Å². The molecule has 1 atom stereocenters. The average Bonchev–Trinajstić information content (AvgIpc) is 2.89. The molecule has 1 heterocycles. The van der Waals surface area contributed by atoms with Crippen LogP contribution in [0.15, 0.2) is 24.3 Å². The summed E-state index contributed by atoms with van der Waals surface area (Å²) in [6, 6.07) is 8.23. The van der Waals surface area contributed by atoms with Gasteiger partial charge in [0.05, 0.1) is 21.3 Å². The molecular formula is C17H23NOS. The van der Waals surface area contributed by atoms with Crippen LogP contribution in [-0.4, -0.2) is 16.2 Å². The monoisotopic (exact) mass is 289 g/mol. The number of benzene rings is 1. The summed E-state index contributed by atoms with van der Waals surface area (Å²) in [5, 5.41) is 11.6. The van der Waals surface area contributed by atoms with E-state index in [1.54, 1.807) is 11.3 Å².